The third-order valence-corrected chi connectivity index (χ3v) is 4.12. The molecule has 0 spiro atoms. The van der Waals surface area contributed by atoms with Crippen molar-refractivity contribution in [3.8, 4) is 5.75 Å². The normalized spacial score (nSPS) is 11.0. The van der Waals surface area contributed by atoms with Crippen LogP contribution in [-0.4, -0.2) is 40.4 Å². The number of hydrogen-bond acceptors (Lipinski definition) is 10. The molecule has 0 saturated carbocycles. The van der Waals surface area contributed by atoms with Crippen LogP contribution in [0.4, 0.5) is 23.0 Å². The summed E-state index contributed by atoms with van der Waals surface area (Å²) in [5.74, 6) is -3.07. The number of nitrogens with one attached hydrogen (secondary N) is 1. The van der Waals surface area contributed by atoms with Crippen molar-refractivity contribution in [3.63, 3.8) is 0 Å². The summed E-state index contributed by atoms with van der Waals surface area (Å²) >= 11 is 0. The summed E-state index contributed by atoms with van der Waals surface area (Å²) in [6.07, 6.45) is -0.737. The van der Waals surface area contributed by atoms with Crippen LogP contribution < -0.4 is 5.32 Å². The van der Waals surface area contributed by atoms with Gasteiger partial charge in [-0.15, -0.1) is 10.2 Å². The van der Waals surface area contributed by atoms with Gasteiger partial charge in [-0.1, -0.05) is 0 Å². The SMILES string of the molecule is O=C(O)CCC(=O)Nc1nc(N=Nc2ccc([N+](=O)[O-])cc2C[SH](=O)=O)ccc1O. The minimum absolute atomic E-state index is 0.0571. The first kappa shape index (κ1) is 22.4. The highest BCUT2D eigenvalue weighted by molar-refractivity contribution is 7.71. The van der Waals surface area contributed by atoms with Crippen molar-refractivity contribution in [2.75, 3.05) is 5.32 Å². The Hall–Kier alpha value is -3.94. The standard InChI is InChI=1S/C16H15N5O8S/c22-12-3-4-13(17-16(12)18-14(23)5-6-15(24)25)20-19-11-2-1-10(21(26)27)7-9(11)8-30(28)29/h1-4,7,22,30H,5-6,8H2,(H,24,25)(H,17,18,23). The van der Waals surface area contributed by atoms with Crippen LogP contribution in [0.25, 0.3) is 0 Å². The molecule has 13 nitrogen and oxygen atoms in total. The maximum absolute atomic E-state index is 11.7. The lowest BCUT2D eigenvalue weighted by molar-refractivity contribution is -0.384. The minimum atomic E-state index is -2.88. The molecule has 0 radical (unpaired) electrons. The number of anilines is 1. The third kappa shape index (κ3) is 6.59. The number of aromatic hydroxyl groups is 1. The van der Waals surface area contributed by atoms with Crippen LogP contribution in [0.3, 0.4) is 0 Å². The lowest BCUT2D eigenvalue weighted by Gasteiger charge is -2.06. The summed E-state index contributed by atoms with van der Waals surface area (Å²) in [5.41, 5.74) is -0.193. The maximum Gasteiger partial charge on any atom is 0.303 e. The summed E-state index contributed by atoms with van der Waals surface area (Å²) in [4.78, 5) is 36.3. The highest BCUT2D eigenvalue weighted by Crippen LogP contribution is 2.29. The first-order valence-electron chi connectivity index (χ1n) is 8.18. The van der Waals surface area contributed by atoms with E-state index < -0.39 is 45.4 Å². The van der Waals surface area contributed by atoms with Gasteiger partial charge >= 0.3 is 5.97 Å². The zero-order valence-electron chi connectivity index (χ0n) is 15.1. The van der Waals surface area contributed by atoms with E-state index in [9.17, 15) is 33.2 Å². The number of carboxylic acids is 1. The van der Waals surface area contributed by atoms with Crippen LogP contribution in [0, 0.1) is 10.1 Å². The van der Waals surface area contributed by atoms with E-state index >= 15 is 0 Å². The maximum atomic E-state index is 11.7. The van der Waals surface area contributed by atoms with E-state index in [4.69, 9.17) is 5.11 Å². The molecule has 1 aromatic heterocycles. The Morgan fingerprint density at radius 2 is 1.90 bits per heavy atom. The van der Waals surface area contributed by atoms with Gasteiger partial charge in [-0.25, -0.2) is 13.4 Å². The van der Waals surface area contributed by atoms with Crippen LogP contribution in [0.5, 0.6) is 5.75 Å². The van der Waals surface area contributed by atoms with Gasteiger partial charge in [-0.2, -0.15) is 0 Å². The quantitative estimate of drug-likeness (QED) is 0.196. The van der Waals surface area contributed by atoms with E-state index in [-0.39, 0.29) is 35.0 Å². The molecule has 0 unspecified atom stereocenters. The van der Waals surface area contributed by atoms with Gasteiger partial charge < -0.3 is 15.5 Å². The van der Waals surface area contributed by atoms with Gasteiger partial charge in [0.15, 0.2) is 17.4 Å². The number of carbonyl (C=O) groups is 2. The van der Waals surface area contributed by atoms with Crippen LogP contribution in [0.2, 0.25) is 0 Å². The molecule has 0 aliphatic rings. The molecule has 0 bridgehead atoms. The van der Waals surface area contributed by atoms with E-state index in [1.165, 1.54) is 18.2 Å². The second-order valence-corrected chi connectivity index (χ2v) is 6.72. The number of hydrogen-bond donors (Lipinski definition) is 4. The number of rotatable bonds is 9. The number of nitro benzene ring substituents is 1. The molecule has 14 heteroatoms. The first-order chi connectivity index (χ1) is 14.2. The smallest absolute Gasteiger partial charge is 0.303 e. The Bertz CT molecular complexity index is 1090. The van der Waals surface area contributed by atoms with Gasteiger partial charge in [-0.05, 0) is 18.2 Å². The van der Waals surface area contributed by atoms with E-state index in [1.807, 2.05) is 0 Å². The number of aliphatic carboxylic acids is 1. The molecular formula is C16H15N5O8S. The van der Waals surface area contributed by atoms with Crippen molar-refractivity contribution in [2.45, 2.75) is 18.6 Å². The number of pyridine rings is 1. The largest absolute Gasteiger partial charge is 0.504 e. The molecule has 2 aromatic rings. The molecular weight excluding hydrogens is 422 g/mol. The van der Waals surface area contributed by atoms with Crippen LogP contribution >= 0.6 is 0 Å². The van der Waals surface area contributed by atoms with Crippen LogP contribution in [0.1, 0.15) is 18.4 Å². The number of amides is 1. The summed E-state index contributed by atoms with van der Waals surface area (Å²) in [7, 11) is -2.88. The number of carboxylic acid groups (broad SMARTS) is 1. The average Bonchev–Trinajstić information content (AvgIpc) is 2.67. The van der Waals surface area contributed by atoms with Gasteiger partial charge in [-0.3, -0.25) is 19.7 Å². The van der Waals surface area contributed by atoms with Crippen molar-refractivity contribution < 1.29 is 33.1 Å². The number of carbonyl (C=O) groups excluding carboxylic acids is 1. The second kappa shape index (κ2) is 10.0. The fraction of sp³-hybridized carbons (Fsp3) is 0.188. The Labute approximate surface area is 170 Å². The summed E-state index contributed by atoms with van der Waals surface area (Å²) in [6, 6.07) is 5.85. The number of non-ortho nitro benzene ring substituents is 1. The number of aromatic nitrogens is 1. The average molecular weight is 437 g/mol. The number of azo groups is 1. The van der Waals surface area contributed by atoms with E-state index in [2.05, 4.69) is 20.5 Å². The highest BCUT2D eigenvalue weighted by Gasteiger charge is 2.13. The molecule has 0 aliphatic carbocycles. The lowest BCUT2D eigenvalue weighted by atomic mass is 10.2. The number of thiol groups is 1. The minimum Gasteiger partial charge on any atom is -0.504 e. The number of nitrogens with zero attached hydrogens (tertiary/aromatic N) is 4. The fourth-order valence-electron chi connectivity index (χ4n) is 2.16. The molecule has 30 heavy (non-hydrogen) atoms. The van der Waals surface area contributed by atoms with Crippen molar-refractivity contribution in [1.29, 1.82) is 0 Å². The second-order valence-electron chi connectivity index (χ2n) is 5.74. The van der Waals surface area contributed by atoms with E-state index in [0.29, 0.717) is 0 Å². The molecule has 2 rings (SSSR count). The van der Waals surface area contributed by atoms with E-state index in [0.717, 1.165) is 12.1 Å². The molecule has 0 fully saturated rings. The molecule has 158 valence electrons. The molecule has 1 aromatic carbocycles. The summed E-state index contributed by atoms with van der Waals surface area (Å²) < 4.78 is 22.1. The summed E-state index contributed by atoms with van der Waals surface area (Å²) in [6.45, 7) is 0. The first-order valence-corrected chi connectivity index (χ1v) is 9.54. The zero-order valence-corrected chi connectivity index (χ0v) is 16.0. The number of nitro groups is 1. The van der Waals surface area contributed by atoms with Gasteiger partial charge in [0.05, 0.1) is 22.8 Å². The van der Waals surface area contributed by atoms with Gasteiger partial charge in [0, 0.05) is 24.1 Å². The Balaban J connectivity index is 2.26. The van der Waals surface area contributed by atoms with Gasteiger partial charge in [0.1, 0.15) is 10.7 Å². The van der Waals surface area contributed by atoms with Crippen molar-refractivity contribution in [2.24, 2.45) is 10.2 Å². The fourth-order valence-corrected chi connectivity index (χ4v) is 2.69. The molecule has 1 heterocycles. The molecule has 3 N–H and O–H groups in total. The Morgan fingerprint density at radius 1 is 1.17 bits per heavy atom. The van der Waals surface area contributed by atoms with E-state index in [1.54, 1.807) is 0 Å². The predicted octanol–water partition coefficient (Wildman–Crippen LogP) is 2.03. The molecule has 0 atom stereocenters. The monoisotopic (exact) mass is 437 g/mol. The molecule has 0 saturated heterocycles. The van der Waals surface area contributed by atoms with Crippen molar-refractivity contribution in [1.82, 2.24) is 4.98 Å². The van der Waals surface area contributed by atoms with Gasteiger partial charge in [0.2, 0.25) is 5.91 Å². The molecule has 1 amide bonds. The lowest BCUT2D eigenvalue weighted by Crippen LogP contribution is -2.14. The third-order valence-electron chi connectivity index (χ3n) is 3.52. The van der Waals surface area contributed by atoms with Crippen LogP contribution in [-0.2, 0) is 26.0 Å². The Kier molecular flexibility index (Phi) is 7.46. The van der Waals surface area contributed by atoms with Crippen LogP contribution in [0.15, 0.2) is 40.6 Å². The molecule has 0 aliphatic heterocycles. The van der Waals surface area contributed by atoms with Gasteiger partial charge in [0.25, 0.3) is 5.69 Å². The highest BCUT2D eigenvalue weighted by atomic mass is 32.2. The topological polar surface area (TPSA) is 202 Å². The summed E-state index contributed by atoms with van der Waals surface area (Å²) in [5, 5.41) is 39.1. The zero-order chi connectivity index (χ0) is 22.3. The number of benzene rings is 1. The Morgan fingerprint density at radius 3 is 2.53 bits per heavy atom. The van der Waals surface area contributed by atoms with Crippen molar-refractivity contribution in [3.05, 3.63) is 46.0 Å². The predicted molar refractivity (Wildman–Crippen MR) is 103 cm³/mol. The van der Waals surface area contributed by atoms with Crippen molar-refractivity contribution >= 4 is 45.6 Å².